The highest BCUT2D eigenvalue weighted by Gasteiger charge is 2.13. The summed E-state index contributed by atoms with van der Waals surface area (Å²) in [5.41, 5.74) is 3.71. The Morgan fingerprint density at radius 3 is 2.11 bits per heavy atom. The lowest BCUT2D eigenvalue weighted by Crippen LogP contribution is -1.95. The molecule has 0 unspecified atom stereocenters. The zero-order valence-electron chi connectivity index (χ0n) is 15.2. The first-order chi connectivity index (χ1) is 13.7. The van der Waals surface area contributed by atoms with Crippen molar-refractivity contribution in [1.29, 1.82) is 0 Å². The third-order valence-electron chi connectivity index (χ3n) is 4.61. The van der Waals surface area contributed by atoms with Gasteiger partial charge in [-0.15, -0.1) is 0 Å². The molecule has 0 radical (unpaired) electrons. The summed E-state index contributed by atoms with van der Waals surface area (Å²) in [4.78, 5) is 0. The molecule has 0 fully saturated rings. The van der Waals surface area contributed by atoms with Crippen LogP contribution in [0.5, 0.6) is 23.0 Å². The standard InChI is InChI=1S/C25H20O3/c26-20-14-15-24(27)19(17-20)16-18-8-4-5-11-22(18)23-12-6-7-13-25(23)28-21-9-2-1-3-10-21/h1-15,17,26-27H,16H2. The largest absolute Gasteiger partial charge is 0.508 e. The predicted molar refractivity (Wildman–Crippen MR) is 111 cm³/mol. The Labute approximate surface area is 164 Å². The van der Waals surface area contributed by atoms with Gasteiger partial charge in [-0.2, -0.15) is 0 Å². The van der Waals surface area contributed by atoms with Crippen molar-refractivity contribution in [1.82, 2.24) is 0 Å². The van der Waals surface area contributed by atoms with Crippen molar-refractivity contribution in [2.75, 3.05) is 0 Å². The maximum absolute atomic E-state index is 10.2. The number of rotatable bonds is 5. The number of aromatic hydroxyl groups is 2. The van der Waals surface area contributed by atoms with Gasteiger partial charge in [0.05, 0.1) is 0 Å². The summed E-state index contributed by atoms with van der Waals surface area (Å²) in [5, 5.41) is 20.0. The molecule has 0 bridgehead atoms. The van der Waals surface area contributed by atoms with E-state index in [-0.39, 0.29) is 11.5 Å². The number of benzene rings is 4. The number of phenolic OH excluding ortho intramolecular Hbond substituents is 2. The SMILES string of the molecule is Oc1ccc(O)c(Cc2ccccc2-c2ccccc2Oc2ccccc2)c1. The zero-order chi connectivity index (χ0) is 19.3. The topological polar surface area (TPSA) is 49.7 Å². The molecule has 4 aromatic rings. The van der Waals surface area contributed by atoms with Gasteiger partial charge in [-0.05, 0) is 47.5 Å². The number of phenols is 2. The minimum atomic E-state index is 0.137. The van der Waals surface area contributed by atoms with E-state index < -0.39 is 0 Å². The van der Waals surface area contributed by atoms with Gasteiger partial charge in [0.25, 0.3) is 0 Å². The van der Waals surface area contributed by atoms with Crippen molar-refractivity contribution in [3.05, 3.63) is 108 Å². The normalized spacial score (nSPS) is 10.6. The van der Waals surface area contributed by atoms with Crippen LogP contribution in [0.2, 0.25) is 0 Å². The van der Waals surface area contributed by atoms with Crippen LogP contribution in [0.25, 0.3) is 11.1 Å². The first-order valence-electron chi connectivity index (χ1n) is 9.12. The molecule has 28 heavy (non-hydrogen) atoms. The molecule has 0 saturated heterocycles. The second-order valence-electron chi connectivity index (χ2n) is 6.56. The van der Waals surface area contributed by atoms with Crippen LogP contribution in [0.15, 0.2) is 97.1 Å². The van der Waals surface area contributed by atoms with Crippen LogP contribution in [0.3, 0.4) is 0 Å². The van der Waals surface area contributed by atoms with Gasteiger partial charge < -0.3 is 14.9 Å². The summed E-state index contributed by atoms with van der Waals surface area (Å²) in [6.07, 6.45) is 0.496. The van der Waals surface area contributed by atoms with E-state index >= 15 is 0 Å². The molecule has 3 nitrogen and oxygen atoms in total. The van der Waals surface area contributed by atoms with Gasteiger partial charge in [0, 0.05) is 17.5 Å². The van der Waals surface area contributed by atoms with Gasteiger partial charge in [0.2, 0.25) is 0 Å². The number of para-hydroxylation sites is 2. The summed E-state index contributed by atoms with van der Waals surface area (Å²) < 4.78 is 6.12. The maximum atomic E-state index is 10.2. The quantitative estimate of drug-likeness (QED) is 0.416. The molecule has 0 aliphatic carbocycles. The van der Waals surface area contributed by atoms with E-state index in [4.69, 9.17) is 4.74 Å². The lowest BCUT2D eigenvalue weighted by Gasteiger charge is -2.15. The Kier molecular flexibility index (Phi) is 4.98. The lowest BCUT2D eigenvalue weighted by molar-refractivity contribution is 0.455. The van der Waals surface area contributed by atoms with E-state index in [9.17, 15) is 10.2 Å². The Morgan fingerprint density at radius 2 is 1.29 bits per heavy atom. The van der Waals surface area contributed by atoms with E-state index in [0.717, 1.165) is 28.2 Å². The molecule has 0 aromatic heterocycles. The van der Waals surface area contributed by atoms with Gasteiger partial charge >= 0.3 is 0 Å². The predicted octanol–water partition coefficient (Wildman–Crippen LogP) is 6.15. The van der Waals surface area contributed by atoms with Crippen LogP contribution in [0, 0.1) is 0 Å². The van der Waals surface area contributed by atoms with Crippen molar-refractivity contribution < 1.29 is 14.9 Å². The number of hydrogen-bond donors (Lipinski definition) is 2. The van der Waals surface area contributed by atoms with Crippen molar-refractivity contribution in [3.63, 3.8) is 0 Å². The summed E-state index contributed by atoms with van der Waals surface area (Å²) in [6.45, 7) is 0. The maximum Gasteiger partial charge on any atom is 0.135 e. The fraction of sp³-hybridized carbons (Fsp3) is 0.0400. The first-order valence-corrected chi connectivity index (χ1v) is 9.12. The van der Waals surface area contributed by atoms with E-state index in [0.29, 0.717) is 12.0 Å². The van der Waals surface area contributed by atoms with E-state index in [1.165, 1.54) is 12.1 Å². The van der Waals surface area contributed by atoms with Crippen LogP contribution >= 0.6 is 0 Å². The summed E-state index contributed by atoms with van der Waals surface area (Å²) in [6, 6.07) is 30.2. The zero-order valence-corrected chi connectivity index (χ0v) is 15.2. The third-order valence-corrected chi connectivity index (χ3v) is 4.61. The van der Waals surface area contributed by atoms with Crippen LogP contribution < -0.4 is 4.74 Å². The summed E-state index contributed by atoms with van der Waals surface area (Å²) in [7, 11) is 0. The van der Waals surface area contributed by atoms with Gasteiger partial charge in [-0.25, -0.2) is 0 Å². The highest BCUT2D eigenvalue weighted by atomic mass is 16.5. The van der Waals surface area contributed by atoms with Crippen LogP contribution in [-0.4, -0.2) is 10.2 Å². The number of hydrogen-bond acceptors (Lipinski definition) is 3. The van der Waals surface area contributed by atoms with E-state index in [1.54, 1.807) is 6.07 Å². The second kappa shape index (κ2) is 7.89. The monoisotopic (exact) mass is 368 g/mol. The molecule has 0 spiro atoms. The Balaban J connectivity index is 1.74. The Bertz CT molecular complexity index is 1090. The molecular weight excluding hydrogens is 348 g/mol. The molecule has 2 N–H and O–H groups in total. The van der Waals surface area contributed by atoms with Crippen LogP contribution in [0.1, 0.15) is 11.1 Å². The second-order valence-corrected chi connectivity index (χ2v) is 6.56. The average molecular weight is 368 g/mol. The highest BCUT2D eigenvalue weighted by Crippen LogP contribution is 2.36. The van der Waals surface area contributed by atoms with Crippen molar-refractivity contribution >= 4 is 0 Å². The van der Waals surface area contributed by atoms with Crippen LogP contribution in [-0.2, 0) is 6.42 Å². The molecule has 0 heterocycles. The molecule has 0 aliphatic heterocycles. The van der Waals surface area contributed by atoms with E-state index in [1.807, 2.05) is 78.9 Å². The Morgan fingerprint density at radius 1 is 0.607 bits per heavy atom. The van der Waals surface area contributed by atoms with Gasteiger partial charge in [-0.3, -0.25) is 0 Å². The summed E-state index contributed by atoms with van der Waals surface area (Å²) in [5.74, 6) is 1.85. The van der Waals surface area contributed by atoms with Gasteiger partial charge in [0.1, 0.15) is 23.0 Å². The molecular formula is C25H20O3. The molecule has 0 atom stereocenters. The molecule has 0 aliphatic rings. The third kappa shape index (κ3) is 3.84. The molecule has 4 rings (SSSR count). The lowest BCUT2D eigenvalue weighted by atomic mass is 9.94. The van der Waals surface area contributed by atoms with Gasteiger partial charge in [-0.1, -0.05) is 60.7 Å². The highest BCUT2D eigenvalue weighted by molar-refractivity contribution is 5.74. The molecule has 4 aromatic carbocycles. The number of ether oxygens (including phenoxy) is 1. The first kappa shape index (κ1) is 17.7. The van der Waals surface area contributed by atoms with Crippen molar-refractivity contribution in [3.8, 4) is 34.1 Å². The summed E-state index contributed by atoms with van der Waals surface area (Å²) >= 11 is 0. The van der Waals surface area contributed by atoms with E-state index in [2.05, 4.69) is 0 Å². The Hall–Kier alpha value is -3.72. The van der Waals surface area contributed by atoms with Crippen molar-refractivity contribution in [2.24, 2.45) is 0 Å². The average Bonchev–Trinajstić information content (AvgIpc) is 2.72. The minimum absolute atomic E-state index is 0.137. The van der Waals surface area contributed by atoms with Crippen molar-refractivity contribution in [2.45, 2.75) is 6.42 Å². The minimum Gasteiger partial charge on any atom is -0.508 e. The fourth-order valence-electron chi connectivity index (χ4n) is 3.25. The molecule has 0 saturated carbocycles. The smallest absolute Gasteiger partial charge is 0.135 e. The van der Waals surface area contributed by atoms with Crippen LogP contribution in [0.4, 0.5) is 0 Å². The molecule has 3 heteroatoms. The fourth-order valence-corrected chi connectivity index (χ4v) is 3.25. The van der Waals surface area contributed by atoms with Gasteiger partial charge in [0.15, 0.2) is 0 Å². The molecule has 138 valence electrons. The molecule has 0 amide bonds.